The van der Waals surface area contributed by atoms with Crippen LogP contribution in [0.4, 0.5) is 18.9 Å². The van der Waals surface area contributed by atoms with E-state index in [0.717, 1.165) is 4.90 Å². The summed E-state index contributed by atoms with van der Waals surface area (Å²) in [5.41, 5.74) is 0.868. The van der Waals surface area contributed by atoms with Gasteiger partial charge in [0.25, 0.3) is 0 Å². The van der Waals surface area contributed by atoms with Crippen molar-refractivity contribution in [2.24, 2.45) is 0 Å². The fourth-order valence-electron chi connectivity index (χ4n) is 2.73. The van der Waals surface area contributed by atoms with E-state index in [1.54, 1.807) is 6.92 Å². The van der Waals surface area contributed by atoms with Crippen molar-refractivity contribution in [1.82, 2.24) is 0 Å². The van der Waals surface area contributed by atoms with Gasteiger partial charge in [-0.25, -0.2) is 0 Å². The highest BCUT2D eigenvalue weighted by Crippen LogP contribution is 2.39. The van der Waals surface area contributed by atoms with E-state index >= 15 is 0 Å². The Morgan fingerprint density at radius 1 is 1.41 bits per heavy atom. The summed E-state index contributed by atoms with van der Waals surface area (Å²) in [6.07, 6.45) is -8.39. The van der Waals surface area contributed by atoms with Crippen LogP contribution in [0, 0.1) is 18.3 Å². The number of hydrogen-bond acceptors (Lipinski definition) is 4. The summed E-state index contributed by atoms with van der Waals surface area (Å²) in [6.45, 7) is 1.56. The minimum atomic E-state index is -4.78. The average molecular weight is 335 g/mol. The van der Waals surface area contributed by atoms with Crippen LogP contribution in [0.5, 0.6) is 0 Å². The molecule has 1 unspecified atom stereocenters. The third-order valence-corrected chi connectivity index (χ3v) is 4.34. The van der Waals surface area contributed by atoms with Gasteiger partial charge in [0.2, 0.25) is 0 Å². The molecule has 4 nitrogen and oxygen atoms in total. The third-order valence-electron chi connectivity index (χ3n) is 3.86. The zero-order valence-electron chi connectivity index (χ0n) is 11.6. The average Bonchev–Trinajstić information content (AvgIpc) is 2.81. The smallest absolute Gasteiger partial charge is 0.382 e. The van der Waals surface area contributed by atoms with Crippen molar-refractivity contribution in [2.75, 3.05) is 4.90 Å². The largest absolute Gasteiger partial charge is 0.416 e. The molecule has 1 saturated heterocycles. The lowest BCUT2D eigenvalue weighted by molar-refractivity contribution is -0.209. The minimum Gasteiger partial charge on any atom is -0.382 e. The number of rotatable bonds is 2. The van der Waals surface area contributed by atoms with Gasteiger partial charge < -0.3 is 15.1 Å². The first-order chi connectivity index (χ1) is 10.2. The highest BCUT2D eigenvalue weighted by molar-refractivity contribution is 6.32. The van der Waals surface area contributed by atoms with Crippen molar-refractivity contribution in [3.05, 3.63) is 28.3 Å². The molecule has 1 aliphatic heterocycles. The molecule has 1 fully saturated rings. The first-order valence-electron chi connectivity index (χ1n) is 6.59. The molecule has 0 aliphatic carbocycles. The number of halogens is 4. The zero-order valence-corrected chi connectivity index (χ0v) is 12.4. The van der Waals surface area contributed by atoms with Gasteiger partial charge in [0.1, 0.15) is 12.3 Å². The number of nitrogens with zero attached hydrogens (tertiary/aromatic N) is 2. The molecule has 0 aromatic heterocycles. The molecule has 8 heteroatoms. The minimum absolute atomic E-state index is 0.00109. The van der Waals surface area contributed by atoms with E-state index in [0.29, 0.717) is 5.56 Å². The molecule has 3 atom stereocenters. The second-order valence-electron chi connectivity index (χ2n) is 5.20. The lowest BCUT2D eigenvalue weighted by Gasteiger charge is -2.34. The molecular weight excluding hydrogens is 321 g/mol. The van der Waals surface area contributed by atoms with Crippen molar-refractivity contribution < 1.29 is 23.4 Å². The Balaban J connectivity index is 2.45. The summed E-state index contributed by atoms with van der Waals surface area (Å²) in [4.78, 5) is 1.13. The molecule has 2 N–H and O–H groups in total. The van der Waals surface area contributed by atoms with Gasteiger partial charge in [-0.05, 0) is 37.5 Å². The maximum atomic E-state index is 12.8. The molecule has 0 bridgehead atoms. The molecule has 1 aromatic carbocycles. The van der Waals surface area contributed by atoms with Gasteiger partial charge in [0, 0.05) is 5.69 Å². The second kappa shape index (κ2) is 5.95. The Morgan fingerprint density at radius 2 is 2.05 bits per heavy atom. The topological polar surface area (TPSA) is 67.5 Å². The molecule has 0 radical (unpaired) electrons. The number of nitriles is 1. The number of aliphatic hydroxyl groups excluding tert-OH is 2. The molecule has 2 rings (SSSR count). The third kappa shape index (κ3) is 2.86. The van der Waals surface area contributed by atoms with Gasteiger partial charge in [-0.1, -0.05) is 11.6 Å². The van der Waals surface area contributed by atoms with Crippen LogP contribution in [0.2, 0.25) is 5.02 Å². The molecule has 0 saturated carbocycles. The van der Waals surface area contributed by atoms with Crippen molar-refractivity contribution in [1.29, 1.82) is 5.26 Å². The van der Waals surface area contributed by atoms with Crippen molar-refractivity contribution in [3.8, 4) is 6.07 Å². The monoisotopic (exact) mass is 334 g/mol. The van der Waals surface area contributed by atoms with Gasteiger partial charge in [0.05, 0.1) is 16.6 Å². The predicted octanol–water partition coefficient (Wildman–Crippen LogP) is 2.73. The Labute approximate surface area is 130 Å². The zero-order chi connectivity index (χ0) is 16.7. The number of aliphatic hydroxyl groups is 2. The van der Waals surface area contributed by atoms with Crippen LogP contribution in [-0.2, 0) is 0 Å². The van der Waals surface area contributed by atoms with Crippen LogP contribution in [0.25, 0.3) is 0 Å². The molecule has 22 heavy (non-hydrogen) atoms. The Morgan fingerprint density at radius 3 is 2.59 bits per heavy atom. The van der Waals surface area contributed by atoms with Crippen LogP contribution in [0.1, 0.15) is 24.0 Å². The van der Waals surface area contributed by atoms with Gasteiger partial charge in [-0.2, -0.15) is 18.4 Å². The number of alkyl halides is 3. The summed E-state index contributed by atoms with van der Waals surface area (Å²) < 4.78 is 38.4. The standard InChI is InChI=1S/C14H14ClF3N2O2/c1-7-9(3-2-8(6-19)12(7)15)20-10(4-5-11(20)21)13(22)14(16,17)18/h2-3,10-11,13,21-22H,4-5H2,1H3/t10-,11?,13+/m1/s1. The first-order valence-corrected chi connectivity index (χ1v) is 6.96. The maximum absolute atomic E-state index is 12.8. The Bertz CT molecular complexity index is 615. The first kappa shape index (κ1) is 16.9. The summed E-state index contributed by atoms with van der Waals surface area (Å²) in [5.74, 6) is 0. The van der Waals surface area contributed by atoms with Crippen molar-refractivity contribution >= 4 is 17.3 Å². The normalized spacial score (nSPS) is 23.5. The number of benzene rings is 1. The summed E-state index contributed by atoms with van der Waals surface area (Å²) in [5, 5.41) is 28.6. The summed E-state index contributed by atoms with van der Waals surface area (Å²) in [6, 6.07) is 3.40. The Kier molecular flexibility index (Phi) is 4.57. The van der Waals surface area contributed by atoms with E-state index in [-0.39, 0.29) is 29.1 Å². The lowest BCUT2D eigenvalue weighted by Crippen LogP contribution is -2.49. The van der Waals surface area contributed by atoms with Crippen LogP contribution >= 0.6 is 11.6 Å². The fraction of sp³-hybridized carbons (Fsp3) is 0.500. The van der Waals surface area contributed by atoms with E-state index in [9.17, 15) is 23.4 Å². The molecular formula is C14H14ClF3N2O2. The molecule has 1 aliphatic rings. The summed E-state index contributed by atoms with van der Waals surface area (Å²) >= 11 is 6.03. The van der Waals surface area contributed by atoms with Crippen LogP contribution in [-0.4, -0.2) is 34.8 Å². The molecule has 0 amide bonds. The van der Waals surface area contributed by atoms with Crippen LogP contribution in [0.15, 0.2) is 12.1 Å². The lowest BCUT2D eigenvalue weighted by atomic mass is 10.0. The van der Waals surface area contributed by atoms with Gasteiger partial charge in [-0.3, -0.25) is 0 Å². The number of hydrogen-bond donors (Lipinski definition) is 2. The van der Waals surface area contributed by atoms with Gasteiger partial charge >= 0.3 is 6.18 Å². The second-order valence-corrected chi connectivity index (χ2v) is 5.58. The van der Waals surface area contributed by atoms with E-state index in [4.69, 9.17) is 16.9 Å². The van der Waals surface area contributed by atoms with E-state index in [1.165, 1.54) is 12.1 Å². The molecule has 120 valence electrons. The SMILES string of the molecule is Cc1c(N2C(O)CC[C@@H]2[C@H](O)C(F)(F)F)ccc(C#N)c1Cl. The predicted molar refractivity (Wildman–Crippen MR) is 74.5 cm³/mol. The van der Waals surface area contributed by atoms with Crippen LogP contribution in [0.3, 0.4) is 0 Å². The van der Waals surface area contributed by atoms with E-state index < -0.39 is 24.6 Å². The summed E-state index contributed by atoms with van der Waals surface area (Å²) in [7, 11) is 0. The highest BCUT2D eigenvalue weighted by Gasteiger charge is 2.49. The van der Waals surface area contributed by atoms with Crippen LogP contribution < -0.4 is 4.90 Å². The molecule has 0 spiro atoms. The van der Waals surface area contributed by atoms with Gasteiger partial charge in [0.15, 0.2) is 6.10 Å². The Hall–Kier alpha value is -1.49. The van der Waals surface area contributed by atoms with Gasteiger partial charge in [-0.15, -0.1) is 0 Å². The quantitative estimate of drug-likeness (QED) is 0.872. The molecule has 1 aromatic rings. The fourth-order valence-corrected chi connectivity index (χ4v) is 2.93. The maximum Gasteiger partial charge on any atom is 0.416 e. The van der Waals surface area contributed by atoms with Crippen molar-refractivity contribution in [3.63, 3.8) is 0 Å². The van der Waals surface area contributed by atoms with Crippen molar-refractivity contribution in [2.45, 2.75) is 44.3 Å². The molecule has 1 heterocycles. The van der Waals surface area contributed by atoms with E-state index in [2.05, 4.69) is 0 Å². The number of anilines is 1. The van der Waals surface area contributed by atoms with E-state index in [1.807, 2.05) is 6.07 Å². The highest BCUT2D eigenvalue weighted by atomic mass is 35.5.